The highest BCUT2D eigenvalue weighted by molar-refractivity contribution is 7.89. The van der Waals surface area contributed by atoms with Crippen LogP contribution in [0.25, 0.3) is 0 Å². The Morgan fingerprint density at radius 3 is 2.80 bits per heavy atom. The van der Waals surface area contributed by atoms with Crippen LogP contribution in [0.2, 0.25) is 0 Å². The predicted molar refractivity (Wildman–Crippen MR) is 77.9 cm³/mol. The Labute approximate surface area is 120 Å². The second-order valence-electron chi connectivity index (χ2n) is 5.22. The third-order valence-corrected chi connectivity index (χ3v) is 5.42. The Balaban J connectivity index is 2.18. The number of aliphatic hydroxyl groups is 1. The van der Waals surface area contributed by atoms with E-state index < -0.39 is 10.0 Å². The largest absolute Gasteiger partial charge is 0.390 e. The summed E-state index contributed by atoms with van der Waals surface area (Å²) in [5, 5.41) is 9.35. The average Bonchev–Trinajstić information content (AvgIpc) is 3.17. The molecule has 1 saturated carbocycles. The van der Waals surface area contributed by atoms with E-state index in [1.165, 1.54) is 4.31 Å². The van der Waals surface area contributed by atoms with Crippen molar-refractivity contribution >= 4 is 10.0 Å². The molecular weight excluding hydrogens is 276 g/mol. The van der Waals surface area contributed by atoms with Crippen LogP contribution in [0.5, 0.6) is 0 Å². The quantitative estimate of drug-likeness (QED) is 0.589. The summed E-state index contributed by atoms with van der Waals surface area (Å²) in [7, 11) is -1.88. The van der Waals surface area contributed by atoms with Crippen LogP contribution in [-0.4, -0.2) is 36.0 Å². The van der Waals surface area contributed by atoms with Gasteiger partial charge < -0.3 is 9.67 Å². The number of nitrogens with zero attached hydrogens (tertiary/aromatic N) is 2. The zero-order valence-electron chi connectivity index (χ0n) is 11.8. The first kappa shape index (κ1) is 15.3. The Bertz CT molecular complexity index is 573. The highest BCUT2D eigenvalue weighted by Crippen LogP contribution is 2.37. The Kier molecular flexibility index (Phi) is 4.67. The van der Waals surface area contributed by atoms with Crippen molar-refractivity contribution < 1.29 is 13.5 Å². The van der Waals surface area contributed by atoms with E-state index in [4.69, 9.17) is 0 Å². The molecule has 112 valence electrons. The molecule has 20 heavy (non-hydrogen) atoms. The molecule has 1 aliphatic rings. The monoisotopic (exact) mass is 298 g/mol. The lowest BCUT2D eigenvalue weighted by Gasteiger charge is -2.15. The molecular formula is C14H22N2O3S. The molecule has 1 fully saturated rings. The molecule has 1 aliphatic carbocycles. The van der Waals surface area contributed by atoms with E-state index in [0.29, 0.717) is 18.3 Å². The second-order valence-corrected chi connectivity index (χ2v) is 7.27. The molecule has 2 rings (SSSR count). The van der Waals surface area contributed by atoms with Gasteiger partial charge in [-0.3, -0.25) is 0 Å². The fraction of sp³-hybridized carbons (Fsp3) is 0.571. The number of unbranched alkanes of at least 4 members (excludes halogenated alkanes) is 1. The van der Waals surface area contributed by atoms with Crippen LogP contribution in [0, 0.1) is 0 Å². The van der Waals surface area contributed by atoms with Crippen molar-refractivity contribution in [2.24, 2.45) is 0 Å². The lowest BCUT2D eigenvalue weighted by atomic mass is 10.3. The predicted octanol–water partition coefficient (Wildman–Crippen LogP) is 1.90. The number of sulfonamides is 1. The molecule has 0 spiro atoms. The summed E-state index contributed by atoms with van der Waals surface area (Å²) in [6.45, 7) is 3.97. The minimum Gasteiger partial charge on any atom is -0.390 e. The van der Waals surface area contributed by atoms with Gasteiger partial charge in [0.1, 0.15) is 4.90 Å². The number of hydrogen-bond donors (Lipinski definition) is 1. The molecule has 5 nitrogen and oxygen atoms in total. The maximum absolute atomic E-state index is 12.5. The van der Waals surface area contributed by atoms with Gasteiger partial charge in [-0.25, -0.2) is 12.7 Å². The smallest absolute Gasteiger partial charge is 0.244 e. The summed E-state index contributed by atoms with van der Waals surface area (Å²) >= 11 is 0. The SMILES string of the molecule is C=CCCCN(C)S(=O)(=O)c1cc(CO)n(C2CC2)c1. The topological polar surface area (TPSA) is 62.5 Å². The van der Waals surface area contributed by atoms with E-state index in [1.807, 2.05) is 4.57 Å². The fourth-order valence-corrected chi connectivity index (χ4v) is 3.48. The summed E-state index contributed by atoms with van der Waals surface area (Å²) in [5.74, 6) is 0. The van der Waals surface area contributed by atoms with Gasteiger partial charge in [0.15, 0.2) is 0 Å². The molecule has 0 aromatic carbocycles. The van der Waals surface area contributed by atoms with E-state index >= 15 is 0 Å². The van der Waals surface area contributed by atoms with Crippen molar-refractivity contribution in [2.45, 2.75) is 43.2 Å². The zero-order chi connectivity index (χ0) is 14.8. The van der Waals surface area contributed by atoms with Gasteiger partial charge in [-0.2, -0.15) is 0 Å². The van der Waals surface area contributed by atoms with Gasteiger partial charge in [-0.1, -0.05) is 6.08 Å². The van der Waals surface area contributed by atoms with Gasteiger partial charge >= 0.3 is 0 Å². The van der Waals surface area contributed by atoms with E-state index in [2.05, 4.69) is 6.58 Å². The lowest BCUT2D eigenvalue weighted by Crippen LogP contribution is -2.27. The van der Waals surface area contributed by atoms with Crippen LogP contribution in [0.4, 0.5) is 0 Å². The Morgan fingerprint density at radius 1 is 1.55 bits per heavy atom. The van der Waals surface area contributed by atoms with Gasteiger partial charge in [-0.05, 0) is 31.7 Å². The summed E-state index contributed by atoms with van der Waals surface area (Å²) in [6, 6.07) is 1.93. The summed E-state index contributed by atoms with van der Waals surface area (Å²) in [6.07, 6.45) is 7.10. The summed E-state index contributed by atoms with van der Waals surface area (Å²) in [4.78, 5) is 0.273. The molecule has 0 bridgehead atoms. The van der Waals surface area contributed by atoms with E-state index in [-0.39, 0.29) is 11.5 Å². The summed E-state index contributed by atoms with van der Waals surface area (Å²) < 4.78 is 28.2. The van der Waals surface area contributed by atoms with Crippen molar-refractivity contribution in [2.75, 3.05) is 13.6 Å². The van der Waals surface area contributed by atoms with Gasteiger partial charge in [0.25, 0.3) is 0 Å². The van der Waals surface area contributed by atoms with Crippen molar-refractivity contribution in [1.29, 1.82) is 0 Å². The lowest BCUT2D eigenvalue weighted by molar-refractivity contribution is 0.270. The third-order valence-electron chi connectivity index (χ3n) is 3.60. The first-order valence-electron chi connectivity index (χ1n) is 6.89. The Hall–Kier alpha value is -1.11. The molecule has 0 amide bonds. The number of aliphatic hydroxyl groups excluding tert-OH is 1. The summed E-state index contributed by atoms with van der Waals surface area (Å²) in [5.41, 5.74) is 0.672. The number of hydrogen-bond acceptors (Lipinski definition) is 3. The van der Waals surface area contributed by atoms with E-state index in [9.17, 15) is 13.5 Å². The zero-order valence-corrected chi connectivity index (χ0v) is 12.6. The number of rotatable bonds is 8. The second kappa shape index (κ2) is 6.11. The molecule has 1 aromatic heterocycles. The van der Waals surface area contributed by atoms with Crippen LogP contribution >= 0.6 is 0 Å². The number of aromatic nitrogens is 1. The van der Waals surface area contributed by atoms with Crippen molar-refractivity contribution in [3.05, 3.63) is 30.6 Å². The average molecular weight is 298 g/mol. The molecule has 1 aromatic rings. The van der Waals surface area contributed by atoms with Crippen molar-refractivity contribution in [3.8, 4) is 0 Å². The normalized spacial score (nSPS) is 15.8. The first-order valence-corrected chi connectivity index (χ1v) is 8.33. The van der Waals surface area contributed by atoms with Crippen molar-refractivity contribution in [1.82, 2.24) is 8.87 Å². The number of allylic oxidation sites excluding steroid dienone is 1. The standard InChI is InChI=1S/C14H22N2O3S/c1-3-4-5-8-15(2)20(18,19)14-9-13(11-17)16(10-14)12-6-7-12/h3,9-10,12,17H,1,4-8,11H2,2H3. The maximum atomic E-state index is 12.5. The third kappa shape index (κ3) is 3.13. The van der Waals surface area contributed by atoms with Crippen LogP contribution in [-0.2, 0) is 16.6 Å². The minimum absolute atomic E-state index is 0.133. The molecule has 0 saturated heterocycles. The molecule has 0 radical (unpaired) electrons. The van der Waals surface area contributed by atoms with Crippen LogP contribution in [0.15, 0.2) is 29.8 Å². The van der Waals surface area contributed by atoms with Gasteiger partial charge in [-0.15, -0.1) is 6.58 Å². The van der Waals surface area contributed by atoms with Gasteiger partial charge in [0, 0.05) is 31.5 Å². The Morgan fingerprint density at radius 2 is 2.25 bits per heavy atom. The van der Waals surface area contributed by atoms with Gasteiger partial charge in [0.2, 0.25) is 10.0 Å². The molecule has 0 unspecified atom stereocenters. The molecule has 0 aliphatic heterocycles. The maximum Gasteiger partial charge on any atom is 0.244 e. The van der Waals surface area contributed by atoms with Crippen LogP contribution < -0.4 is 0 Å². The van der Waals surface area contributed by atoms with Gasteiger partial charge in [0.05, 0.1) is 6.61 Å². The van der Waals surface area contributed by atoms with E-state index in [0.717, 1.165) is 25.7 Å². The van der Waals surface area contributed by atoms with E-state index in [1.54, 1.807) is 25.4 Å². The highest BCUT2D eigenvalue weighted by atomic mass is 32.2. The van der Waals surface area contributed by atoms with Crippen LogP contribution in [0.3, 0.4) is 0 Å². The van der Waals surface area contributed by atoms with Crippen molar-refractivity contribution in [3.63, 3.8) is 0 Å². The first-order chi connectivity index (χ1) is 9.50. The highest BCUT2D eigenvalue weighted by Gasteiger charge is 2.29. The fourth-order valence-electron chi connectivity index (χ4n) is 2.22. The molecule has 1 heterocycles. The van der Waals surface area contributed by atoms with Crippen LogP contribution in [0.1, 0.15) is 37.4 Å². The minimum atomic E-state index is -3.47. The molecule has 1 N–H and O–H groups in total. The molecule has 0 atom stereocenters. The molecule has 6 heteroatoms.